The van der Waals surface area contributed by atoms with Crippen molar-refractivity contribution in [2.24, 2.45) is 0 Å². The molecule has 2 saturated heterocycles. The van der Waals surface area contributed by atoms with Crippen LogP contribution in [-0.4, -0.2) is 97.8 Å². The van der Waals surface area contributed by atoms with Gasteiger partial charge >= 0.3 is 0 Å². The number of aryl methyl sites for hydroxylation is 1. The lowest BCUT2D eigenvalue weighted by Crippen LogP contribution is -2.46. The monoisotopic (exact) mass is 362 g/mol. The Morgan fingerprint density at radius 1 is 1.12 bits per heavy atom. The zero-order chi connectivity index (χ0) is 18.4. The van der Waals surface area contributed by atoms with E-state index >= 15 is 0 Å². The lowest BCUT2D eigenvalue weighted by atomic mass is 10.3. The van der Waals surface area contributed by atoms with Gasteiger partial charge in [0, 0.05) is 58.4 Å². The molecule has 1 aromatic rings. The quantitative estimate of drug-likeness (QED) is 0.763. The summed E-state index contributed by atoms with van der Waals surface area (Å²) >= 11 is 0. The van der Waals surface area contributed by atoms with Gasteiger partial charge in [-0.05, 0) is 13.5 Å². The molecule has 0 aliphatic carbocycles. The molecule has 144 valence electrons. The number of morpholine rings is 1. The fourth-order valence-corrected chi connectivity index (χ4v) is 3.37. The third kappa shape index (κ3) is 5.12. The van der Waals surface area contributed by atoms with Gasteiger partial charge in [-0.1, -0.05) is 6.92 Å². The predicted molar refractivity (Wildman–Crippen MR) is 101 cm³/mol. The lowest BCUT2D eigenvalue weighted by Gasteiger charge is -2.34. The summed E-state index contributed by atoms with van der Waals surface area (Å²) in [6.07, 6.45) is 0. The number of anilines is 1. The molecule has 0 bridgehead atoms. The molecule has 3 heterocycles. The molecule has 0 aromatic carbocycles. The van der Waals surface area contributed by atoms with E-state index < -0.39 is 0 Å². The number of piperazine rings is 1. The van der Waals surface area contributed by atoms with Crippen LogP contribution in [0.1, 0.15) is 23.2 Å². The first-order valence-electron chi connectivity index (χ1n) is 9.57. The summed E-state index contributed by atoms with van der Waals surface area (Å²) in [5.74, 6) is 1.36. The Balaban J connectivity index is 1.55. The van der Waals surface area contributed by atoms with Crippen LogP contribution in [0.4, 0.5) is 5.82 Å². The number of nitrogens with one attached hydrogen (secondary N) is 1. The Hall–Kier alpha value is -1.77. The highest BCUT2D eigenvalue weighted by molar-refractivity contribution is 5.92. The Morgan fingerprint density at radius 3 is 2.54 bits per heavy atom. The summed E-state index contributed by atoms with van der Waals surface area (Å²) in [4.78, 5) is 28.3. The maximum Gasteiger partial charge on any atom is 0.270 e. The second-order valence-electron chi connectivity index (χ2n) is 6.79. The number of rotatable bonds is 6. The first kappa shape index (κ1) is 19.0. The van der Waals surface area contributed by atoms with Crippen molar-refractivity contribution in [2.45, 2.75) is 13.8 Å². The minimum Gasteiger partial charge on any atom is -0.379 e. The van der Waals surface area contributed by atoms with Gasteiger partial charge in [0.25, 0.3) is 5.91 Å². The molecular formula is C18H30N6O2. The molecule has 0 saturated carbocycles. The number of hydrogen-bond acceptors (Lipinski definition) is 7. The first-order chi connectivity index (χ1) is 12.7. The molecule has 0 spiro atoms. The average Bonchev–Trinajstić information content (AvgIpc) is 2.68. The van der Waals surface area contributed by atoms with Crippen LogP contribution in [0, 0.1) is 6.92 Å². The van der Waals surface area contributed by atoms with Crippen LogP contribution in [0.5, 0.6) is 0 Å². The van der Waals surface area contributed by atoms with Gasteiger partial charge in [0.2, 0.25) is 0 Å². The molecule has 1 amide bonds. The number of nitrogens with zero attached hydrogens (tertiary/aromatic N) is 5. The highest BCUT2D eigenvalue weighted by Crippen LogP contribution is 2.15. The maximum absolute atomic E-state index is 12.5. The van der Waals surface area contributed by atoms with Gasteiger partial charge in [-0.3, -0.25) is 9.69 Å². The number of ether oxygens (including phenoxy) is 1. The van der Waals surface area contributed by atoms with Crippen molar-refractivity contribution in [3.63, 3.8) is 0 Å². The minimum absolute atomic E-state index is 0.128. The number of likely N-dealkylation sites (N-methyl/N-ethyl adjacent to an activating group) is 1. The summed E-state index contributed by atoms with van der Waals surface area (Å²) in [6.45, 7) is 13.9. The van der Waals surface area contributed by atoms with Crippen LogP contribution in [-0.2, 0) is 4.74 Å². The second kappa shape index (κ2) is 9.25. The van der Waals surface area contributed by atoms with Crippen molar-refractivity contribution >= 4 is 11.7 Å². The molecule has 8 nitrogen and oxygen atoms in total. The topological polar surface area (TPSA) is 73.8 Å². The van der Waals surface area contributed by atoms with Gasteiger partial charge < -0.3 is 19.9 Å². The fraction of sp³-hybridized carbons (Fsp3) is 0.722. The van der Waals surface area contributed by atoms with Crippen LogP contribution in [0.2, 0.25) is 0 Å². The fourth-order valence-electron chi connectivity index (χ4n) is 3.37. The van der Waals surface area contributed by atoms with Crippen molar-refractivity contribution < 1.29 is 9.53 Å². The molecule has 0 unspecified atom stereocenters. The molecule has 0 atom stereocenters. The molecule has 0 radical (unpaired) electrons. The van der Waals surface area contributed by atoms with Crippen LogP contribution in [0.3, 0.4) is 0 Å². The Kier molecular flexibility index (Phi) is 6.76. The van der Waals surface area contributed by atoms with E-state index in [-0.39, 0.29) is 5.91 Å². The van der Waals surface area contributed by atoms with E-state index in [1.165, 1.54) is 0 Å². The molecule has 2 aliphatic rings. The smallest absolute Gasteiger partial charge is 0.270 e. The van der Waals surface area contributed by atoms with E-state index in [0.717, 1.165) is 71.4 Å². The van der Waals surface area contributed by atoms with E-state index in [1.54, 1.807) is 0 Å². The van der Waals surface area contributed by atoms with E-state index in [4.69, 9.17) is 4.74 Å². The van der Waals surface area contributed by atoms with Crippen molar-refractivity contribution in [2.75, 3.05) is 77.0 Å². The van der Waals surface area contributed by atoms with Crippen LogP contribution in [0.15, 0.2) is 6.07 Å². The molecule has 1 aromatic heterocycles. The maximum atomic E-state index is 12.5. The van der Waals surface area contributed by atoms with Gasteiger partial charge in [0.05, 0.1) is 13.2 Å². The van der Waals surface area contributed by atoms with Crippen molar-refractivity contribution in [1.29, 1.82) is 0 Å². The first-order valence-corrected chi connectivity index (χ1v) is 9.57. The van der Waals surface area contributed by atoms with Gasteiger partial charge in [-0.25, -0.2) is 9.97 Å². The summed E-state index contributed by atoms with van der Waals surface area (Å²) in [5, 5.41) is 2.98. The SMILES string of the molecule is CCN1CCN(c2cc(C(=O)NCCN3CCOCC3)nc(C)n2)CC1. The van der Waals surface area contributed by atoms with Gasteiger partial charge in [-0.15, -0.1) is 0 Å². The van der Waals surface area contributed by atoms with E-state index in [9.17, 15) is 4.79 Å². The van der Waals surface area contributed by atoms with Crippen LogP contribution < -0.4 is 10.2 Å². The van der Waals surface area contributed by atoms with Crippen LogP contribution >= 0.6 is 0 Å². The third-order valence-corrected chi connectivity index (χ3v) is 5.02. The van der Waals surface area contributed by atoms with E-state index in [0.29, 0.717) is 18.1 Å². The van der Waals surface area contributed by atoms with Gasteiger partial charge in [0.1, 0.15) is 17.3 Å². The van der Waals surface area contributed by atoms with Crippen molar-refractivity contribution in [3.8, 4) is 0 Å². The normalized spacial score (nSPS) is 19.5. The molecule has 3 rings (SSSR count). The second-order valence-corrected chi connectivity index (χ2v) is 6.79. The van der Waals surface area contributed by atoms with Crippen LogP contribution in [0.25, 0.3) is 0 Å². The average molecular weight is 362 g/mol. The standard InChI is InChI=1S/C18H30N6O2/c1-3-22-6-8-24(9-7-22)17-14-16(20-15(2)21-17)18(25)19-4-5-23-10-12-26-13-11-23/h14H,3-13H2,1-2H3,(H,19,25). The van der Waals surface area contributed by atoms with E-state index in [1.807, 2.05) is 13.0 Å². The van der Waals surface area contributed by atoms with Crippen molar-refractivity contribution in [1.82, 2.24) is 25.1 Å². The number of carbonyl (C=O) groups is 1. The summed E-state index contributed by atoms with van der Waals surface area (Å²) in [5.41, 5.74) is 0.451. The van der Waals surface area contributed by atoms with Gasteiger partial charge in [-0.2, -0.15) is 0 Å². The Labute approximate surface area is 155 Å². The van der Waals surface area contributed by atoms with Gasteiger partial charge in [0.15, 0.2) is 0 Å². The highest BCUT2D eigenvalue weighted by atomic mass is 16.5. The number of hydrogen-bond donors (Lipinski definition) is 1. The highest BCUT2D eigenvalue weighted by Gasteiger charge is 2.19. The molecular weight excluding hydrogens is 332 g/mol. The summed E-state index contributed by atoms with van der Waals surface area (Å²) in [7, 11) is 0. The largest absolute Gasteiger partial charge is 0.379 e. The number of aromatic nitrogens is 2. The zero-order valence-corrected chi connectivity index (χ0v) is 15.9. The number of amides is 1. The molecule has 1 N–H and O–H groups in total. The molecule has 2 aliphatic heterocycles. The molecule has 2 fully saturated rings. The summed E-state index contributed by atoms with van der Waals surface area (Å²) < 4.78 is 5.34. The lowest BCUT2D eigenvalue weighted by molar-refractivity contribution is 0.0383. The molecule has 26 heavy (non-hydrogen) atoms. The Bertz CT molecular complexity index is 597. The van der Waals surface area contributed by atoms with Crippen molar-refractivity contribution in [3.05, 3.63) is 17.6 Å². The number of carbonyl (C=O) groups excluding carboxylic acids is 1. The minimum atomic E-state index is -0.128. The predicted octanol–water partition coefficient (Wildman–Crippen LogP) is -0.0111. The third-order valence-electron chi connectivity index (χ3n) is 5.02. The molecule has 8 heteroatoms. The summed E-state index contributed by atoms with van der Waals surface area (Å²) in [6, 6.07) is 1.82. The zero-order valence-electron chi connectivity index (χ0n) is 15.9. The van der Waals surface area contributed by atoms with E-state index in [2.05, 4.69) is 36.9 Å². The Morgan fingerprint density at radius 2 is 1.85 bits per heavy atom.